The van der Waals surface area contributed by atoms with E-state index in [1.54, 1.807) is 0 Å². The molecular formula is C4H9OZn. The van der Waals surface area contributed by atoms with E-state index in [9.17, 15) is 0 Å². The summed E-state index contributed by atoms with van der Waals surface area (Å²) >= 11 is 0.986. The molecule has 0 aliphatic rings. The summed E-state index contributed by atoms with van der Waals surface area (Å²) in [7, 11) is 0. The molecule has 0 aromatic heterocycles. The molecule has 0 aliphatic carbocycles. The molecule has 0 aliphatic heterocycles. The minimum atomic E-state index is 0.969. The number of rotatable bonds is 3. The van der Waals surface area contributed by atoms with Crippen LogP contribution in [0.4, 0.5) is 0 Å². The summed E-state index contributed by atoms with van der Waals surface area (Å²) in [5, 5.41) is 0. The van der Waals surface area contributed by atoms with Crippen molar-refractivity contribution in [1.82, 2.24) is 0 Å². The Morgan fingerprint density at radius 1 is 1.67 bits per heavy atom. The Balaban J connectivity index is 2.34. The third-order valence-electron chi connectivity index (χ3n) is 0.642. The molecule has 0 aromatic rings. The first-order valence-corrected chi connectivity index (χ1v) is 3.50. The van der Waals surface area contributed by atoms with Crippen LogP contribution in [0.3, 0.4) is 0 Å². The zero-order valence-corrected chi connectivity index (χ0v) is 7.20. The Morgan fingerprint density at radius 2 is 2.33 bits per heavy atom. The third-order valence-corrected chi connectivity index (χ3v) is 1.25. The molecular weight excluding hydrogens is 129 g/mol. The molecule has 0 bridgehead atoms. The molecule has 33 valence electrons. The van der Waals surface area contributed by atoms with Gasteiger partial charge in [-0.2, -0.15) is 0 Å². The molecule has 0 fully saturated rings. The molecule has 0 saturated heterocycles. The van der Waals surface area contributed by atoms with Crippen molar-refractivity contribution in [2.24, 2.45) is 0 Å². The quantitative estimate of drug-likeness (QED) is 0.422. The summed E-state index contributed by atoms with van der Waals surface area (Å²) in [5.41, 5.74) is 0. The van der Waals surface area contributed by atoms with Crippen molar-refractivity contribution in [3.8, 4) is 0 Å². The fraction of sp³-hybridized carbons (Fsp3) is 1.00. The predicted molar refractivity (Wildman–Crippen MR) is 20.9 cm³/mol. The normalized spacial score (nSPS) is 9.17. The van der Waals surface area contributed by atoms with E-state index in [2.05, 4.69) is 6.92 Å². The van der Waals surface area contributed by atoms with Crippen molar-refractivity contribution < 1.29 is 22.2 Å². The van der Waals surface area contributed by atoms with E-state index in [1.807, 2.05) is 0 Å². The van der Waals surface area contributed by atoms with Crippen LogP contribution in [0.15, 0.2) is 0 Å². The van der Waals surface area contributed by atoms with Gasteiger partial charge in [0.2, 0.25) is 0 Å². The van der Waals surface area contributed by atoms with E-state index in [0.29, 0.717) is 0 Å². The average molecular weight is 139 g/mol. The maximum absolute atomic E-state index is 4.91. The van der Waals surface area contributed by atoms with Crippen LogP contribution in [-0.4, -0.2) is 6.61 Å². The summed E-state index contributed by atoms with van der Waals surface area (Å²) in [6.45, 7) is 3.13. The zero-order valence-electron chi connectivity index (χ0n) is 4.24. The Labute approximate surface area is 49.2 Å². The van der Waals surface area contributed by atoms with Gasteiger partial charge in [-0.3, -0.25) is 0 Å². The maximum atomic E-state index is 4.91. The molecule has 1 nitrogen and oxygen atoms in total. The van der Waals surface area contributed by atoms with Crippen LogP contribution >= 0.6 is 0 Å². The van der Waals surface area contributed by atoms with Crippen molar-refractivity contribution in [1.29, 1.82) is 0 Å². The van der Waals surface area contributed by atoms with Gasteiger partial charge < -0.3 is 0 Å². The predicted octanol–water partition coefficient (Wildman–Crippen LogP) is 1.26. The summed E-state index contributed by atoms with van der Waals surface area (Å²) in [6, 6.07) is 0. The van der Waals surface area contributed by atoms with Crippen LogP contribution < -0.4 is 0 Å². The number of hydrogen-bond donors (Lipinski definition) is 0. The van der Waals surface area contributed by atoms with Gasteiger partial charge in [0, 0.05) is 0 Å². The Kier molecular flexibility index (Phi) is 6.13. The average Bonchev–Trinajstić information content (AvgIpc) is 1.61. The zero-order chi connectivity index (χ0) is 4.83. The van der Waals surface area contributed by atoms with E-state index in [4.69, 9.17) is 3.56 Å². The summed E-state index contributed by atoms with van der Waals surface area (Å²) < 4.78 is 4.91. The molecule has 0 spiro atoms. The second kappa shape index (κ2) is 5.58. The van der Waals surface area contributed by atoms with Gasteiger partial charge in [0.05, 0.1) is 0 Å². The number of unbranched alkanes of at least 4 members (excludes halogenated alkanes) is 1. The fourth-order valence-electron chi connectivity index (χ4n) is 0.246. The monoisotopic (exact) mass is 137 g/mol. The first-order valence-electron chi connectivity index (χ1n) is 2.28. The van der Waals surface area contributed by atoms with Gasteiger partial charge in [-0.05, 0) is 0 Å². The van der Waals surface area contributed by atoms with Gasteiger partial charge in [0.15, 0.2) is 0 Å². The van der Waals surface area contributed by atoms with Crippen molar-refractivity contribution >= 4 is 0 Å². The Morgan fingerprint density at radius 3 is 2.50 bits per heavy atom. The molecule has 0 rings (SSSR count). The van der Waals surface area contributed by atoms with Gasteiger partial charge >= 0.3 is 48.6 Å². The Hall–Kier alpha value is 0.583. The summed E-state index contributed by atoms with van der Waals surface area (Å²) in [4.78, 5) is 0. The van der Waals surface area contributed by atoms with Crippen molar-refractivity contribution in [2.45, 2.75) is 19.8 Å². The van der Waals surface area contributed by atoms with E-state index >= 15 is 0 Å². The van der Waals surface area contributed by atoms with E-state index in [-0.39, 0.29) is 0 Å². The molecule has 6 heavy (non-hydrogen) atoms. The second-order valence-electron chi connectivity index (χ2n) is 1.26. The molecule has 0 amide bonds. The first kappa shape index (κ1) is 6.58. The topological polar surface area (TPSA) is 9.23 Å². The fourth-order valence-corrected chi connectivity index (χ4v) is 0.675. The molecule has 0 heterocycles. The van der Waals surface area contributed by atoms with Crippen LogP contribution in [-0.2, 0) is 22.2 Å². The van der Waals surface area contributed by atoms with Gasteiger partial charge in [-0.25, -0.2) is 0 Å². The standard InChI is InChI=1S/C4H9O.Zn/c1-2-3-4-5;/h2-4H2,1H3;/q-1;+1. The Bertz CT molecular complexity index is 19.5. The van der Waals surface area contributed by atoms with Gasteiger partial charge in [-0.1, -0.05) is 0 Å². The van der Waals surface area contributed by atoms with Gasteiger partial charge in [0.1, 0.15) is 0 Å². The summed E-state index contributed by atoms with van der Waals surface area (Å²) in [6.07, 6.45) is 2.47. The van der Waals surface area contributed by atoms with Crippen LogP contribution in [0.25, 0.3) is 0 Å². The van der Waals surface area contributed by atoms with Crippen molar-refractivity contribution in [3.05, 3.63) is 0 Å². The molecule has 0 radical (unpaired) electrons. The minimum absolute atomic E-state index is 0.969. The van der Waals surface area contributed by atoms with Gasteiger partial charge in [0.25, 0.3) is 0 Å². The van der Waals surface area contributed by atoms with E-state index in [0.717, 1.165) is 25.3 Å². The SMILES string of the molecule is CCCC[O][Zn]. The van der Waals surface area contributed by atoms with E-state index in [1.165, 1.54) is 12.8 Å². The molecule has 2 heteroatoms. The molecule has 0 atom stereocenters. The first-order chi connectivity index (χ1) is 2.91. The molecule has 0 unspecified atom stereocenters. The van der Waals surface area contributed by atoms with Crippen molar-refractivity contribution in [3.63, 3.8) is 0 Å². The van der Waals surface area contributed by atoms with Crippen LogP contribution in [0.2, 0.25) is 0 Å². The number of hydrogen-bond acceptors (Lipinski definition) is 1. The van der Waals surface area contributed by atoms with Crippen LogP contribution in [0.1, 0.15) is 19.8 Å². The van der Waals surface area contributed by atoms with Gasteiger partial charge in [-0.15, -0.1) is 0 Å². The van der Waals surface area contributed by atoms with Crippen LogP contribution in [0, 0.1) is 0 Å². The molecule has 0 saturated carbocycles. The van der Waals surface area contributed by atoms with Crippen molar-refractivity contribution in [2.75, 3.05) is 6.61 Å². The third kappa shape index (κ3) is 4.58. The molecule has 0 N–H and O–H groups in total. The summed E-state index contributed by atoms with van der Waals surface area (Å²) in [5.74, 6) is 0. The van der Waals surface area contributed by atoms with E-state index < -0.39 is 0 Å². The molecule has 0 aromatic carbocycles. The van der Waals surface area contributed by atoms with Crippen LogP contribution in [0.5, 0.6) is 0 Å². The second-order valence-corrected chi connectivity index (χ2v) is 2.12.